The number of benzene rings is 1. The number of pyridine rings is 1. The third-order valence-corrected chi connectivity index (χ3v) is 6.28. The Morgan fingerprint density at radius 3 is 2.90 bits per heavy atom. The van der Waals surface area contributed by atoms with Gasteiger partial charge in [0.1, 0.15) is 5.37 Å². The van der Waals surface area contributed by atoms with Gasteiger partial charge >= 0.3 is 0 Å². The number of aromatic nitrogens is 1. The Hall–Kier alpha value is -1.47. The summed E-state index contributed by atoms with van der Waals surface area (Å²) in [5.74, 6) is 1.46. The fraction of sp³-hybridized carbons (Fsp3) is 0.357. The normalized spacial score (nSPS) is 19.9. The molecule has 1 saturated heterocycles. The number of thioether (sulfide) groups is 1. The van der Waals surface area contributed by atoms with E-state index in [0.717, 1.165) is 22.3 Å². The topological polar surface area (TPSA) is 76.3 Å². The molecule has 1 unspecified atom stereocenters. The number of sulfone groups is 1. The van der Waals surface area contributed by atoms with Crippen LogP contribution in [0.3, 0.4) is 0 Å². The lowest BCUT2D eigenvalue weighted by Crippen LogP contribution is -2.47. The highest BCUT2D eigenvalue weighted by Gasteiger charge is 2.33. The van der Waals surface area contributed by atoms with E-state index in [9.17, 15) is 8.42 Å². The zero-order valence-electron chi connectivity index (χ0n) is 11.7. The number of hydrogen-bond acceptors (Lipinski definition) is 6. The van der Waals surface area contributed by atoms with Gasteiger partial charge in [0.25, 0.3) is 0 Å². The first-order chi connectivity index (χ1) is 9.98. The molecule has 0 radical (unpaired) electrons. The minimum Gasteiger partial charge on any atom is -0.396 e. The molecule has 1 aromatic heterocycles. The van der Waals surface area contributed by atoms with Crippen LogP contribution in [0.15, 0.2) is 30.5 Å². The van der Waals surface area contributed by atoms with Gasteiger partial charge in [0, 0.05) is 29.7 Å². The van der Waals surface area contributed by atoms with Gasteiger partial charge < -0.3 is 10.6 Å². The lowest BCUT2D eigenvalue weighted by atomic mass is 10.1. The van der Waals surface area contributed by atoms with Crippen molar-refractivity contribution < 1.29 is 8.42 Å². The predicted molar refractivity (Wildman–Crippen MR) is 89.5 cm³/mol. The van der Waals surface area contributed by atoms with Gasteiger partial charge in [-0.15, -0.1) is 0 Å². The summed E-state index contributed by atoms with van der Waals surface area (Å²) in [4.78, 5) is 6.24. The van der Waals surface area contributed by atoms with E-state index in [0.29, 0.717) is 18.0 Å². The average Bonchev–Trinajstić information content (AvgIpc) is 2.46. The van der Waals surface area contributed by atoms with Crippen molar-refractivity contribution in [2.45, 2.75) is 5.37 Å². The molecule has 3 rings (SSSR count). The summed E-state index contributed by atoms with van der Waals surface area (Å²) in [6.07, 6.45) is 2.90. The zero-order chi connectivity index (χ0) is 15.0. The van der Waals surface area contributed by atoms with Crippen LogP contribution in [0.2, 0.25) is 0 Å². The van der Waals surface area contributed by atoms with Gasteiger partial charge in [-0.2, -0.15) is 11.8 Å². The smallest absolute Gasteiger partial charge is 0.169 e. The Morgan fingerprint density at radius 2 is 2.14 bits per heavy atom. The molecule has 7 heteroatoms. The number of nitrogens with two attached hydrogens (primary N) is 1. The predicted octanol–water partition coefficient (Wildman–Crippen LogP) is 1.74. The van der Waals surface area contributed by atoms with E-state index in [1.807, 2.05) is 29.2 Å². The van der Waals surface area contributed by atoms with Crippen LogP contribution in [0.1, 0.15) is 0 Å². The summed E-state index contributed by atoms with van der Waals surface area (Å²) >= 11 is 1.66. The maximum absolute atomic E-state index is 12.1. The summed E-state index contributed by atoms with van der Waals surface area (Å²) < 4.78 is 24.2. The third kappa shape index (κ3) is 2.67. The quantitative estimate of drug-likeness (QED) is 0.907. The van der Waals surface area contributed by atoms with E-state index in [1.165, 1.54) is 6.26 Å². The van der Waals surface area contributed by atoms with E-state index >= 15 is 0 Å². The van der Waals surface area contributed by atoms with E-state index < -0.39 is 15.2 Å². The molecule has 0 spiro atoms. The van der Waals surface area contributed by atoms with Gasteiger partial charge in [-0.05, 0) is 6.07 Å². The number of anilines is 2. The molecule has 1 aromatic carbocycles. The van der Waals surface area contributed by atoms with Crippen LogP contribution in [0.5, 0.6) is 0 Å². The minimum atomic E-state index is -3.18. The van der Waals surface area contributed by atoms with Gasteiger partial charge in [0.15, 0.2) is 9.84 Å². The second kappa shape index (κ2) is 5.38. The van der Waals surface area contributed by atoms with Gasteiger partial charge in [-0.25, -0.2) is 8.42 Å². The Bertz CT molecular complexity index is 777. The molecule has 1 aliphatic rings. The summed E-state index contributed by atoms with van der Waals surface area (Å²) in [5.41, 5.74) is 8.25. The Morgan fingerprint density at radius 1 is 1.38 bits per heavy atom. The fourth-order valence-electron chi connectivity index (χ4n) is 2.65. The molecule has 21 heavy (non-hydrogen) atoms. The van der Waals surface area contributed by atoms with Crippen LogP contribution in [0.4, 0.5) is 11.4 Å². The second-order valence-corrected chi connectivity index (χ2v) is 8.48. The van der Waals surface area contributed by atoms with Crippen LogP contribution in [-0.4, -0.2) is 43.1 Å². The molecule has 5 nitrogen and oxygen atoms in total. The minimum absolute atomic E-state index is 0.522. The first kappa shape index (κ1) is 14.5. The highest BCUT2D eigenvalue weighted by molar-refractivity contribution is 8.01. The Balaban J connectivity index is 2.20. The number of nitrogen functional groups attached to an aromatic ring is 1. The summed E-state index contributed by atoms with van der Waals surface area (Å²) in [5, 5.41) is 0.363. The first-order valence-corrected chi connectivity index (χ1v) is 9.76. The van der Waals surface area contributed by atoms with Crippen LogP contribution in [0.25, 0.3) is 10.9 Å². The number of para-hydroxylation sites is 1. The summed E-state index contributed by atoms with van der Waals surface area (Å²) in [6, 6.07) is 7.68. The van der Waals surface area contributed by atoms with Crippen LogP contribution >= 0.6 is 11.8 Å². The lowest BCUT2D eigenvalue weighted by Gasteiger charge is -2.37. The largest absolute Gasteiger partial charge is 0.396 e. The van der Waals surface area contributed by atoms with Crippen molar-refractivity contribution in [1.82, 2.24) is 4.98 Å². The van der Waals surface area contributed by atoms with Crippen molar-refractivity contribution in [1.29, 1.82) is 0 Å². The van der Waals surface area contributed by atoms with Crippen molar-refractivity contribution in [2.24, 2.45) is 0 Å². The molecule has 0 saturated carbocycles. The number of fused-ring (bicyclic) bond motifs is 1. The molecule has 1 atom stereocenters. The van der Waals surface area contributed by atoms with Gasteiger partial charge in [0.2, 0.25) is 0 Å². The maximum atomic E-state index is 12.1. The van der Waals surface area contributed by atoms with Crippen LogP contribution < -0.4 is 10.6 Å². The van der Waals surface area contributed by atoms with Crippen molar-refractivity contribution in [3.05, 3.63) is 30.5 Å². The van der Waals surface area contributed by atoms with E-state index in [4.69, 9.17) is 5.73 Å². The third-order valence-electron chi connectivity index (χ3n) is 3.64. The van der Waals surface area contributed by atoms with E-state index in [2.05, 4.69) is 4.98 Å². The lowest BCUT2D eigenvalue weighted by molar-refractivity contribution is 0.585. The number of nitrogens with zero attached hydrogens (tertiary/aromatic N) is 2. The molecule has 2 aromatic rings. The van der Waals surface area contributed by atoms with Crippen molar-refractivity contribution in [3.8, 4) is 0 Å². The molecule has 112 valence electrons. The molecular formula is C14H17N3O2S2. The molecular weight excluding hydrogens is 306 g/mol. The molecule has 2 N–H and O–H groups in total. The van der Waals surface area contributed by atoms with E-state index in [-0.39, 0.29) is 0 Å². The zero-order valence-corrected chi connectivity index (χ0v) is 13.3. The second-order valence-electron chi connectivity index (χ2n) is 5.13. The van der Waals surface area contributed by atoms with Gasteiger partial charge in [-0.1, -0.05) is 18.2 Å². The summed E-state index contributed by atoms with van der Waals surface area (Å²) in [6.45, 7) is 0.667. The molecule has 0 amide bonds. The average molecular weight is 323 g/mol. The number of rotatable bonds is 2. The van der Waals surface area contributed by atoms with Crippen molar-refractivity contribution >= 4 is 43.9 Å². The monoisotopic (exact) mass is 323 g/mol. The Kier molecular flexibility index (Phi) is 3.71. The standard InChI is InChI=1S/C14H17N3O2S2/c1-21(18,19)13-9-20-7-6-17(13)14-10-4-2-3-5-12(10)16-8-11(14)15/h2-5,8,13H,6-7,9,15H2,1H3. The SMILES string of the molecule is CS(=O)(=O)C1CSCCN1c1c(N)cnc2ccccc12. The summed E-state index contributed by atoms with van der Waals surface area (Å²) in [7, 11) is -3.18. The van der Waals surface area contributed by atoms with E-state index in [1.54, 1.807) is 18.0 Å². The van der Waals surface area contributed by atoms with Gasteiger partial charge in [0.05, 0.1) is 23.1 Å². The van der Waals surface area contributed by atoms with Crippen molar-refractivity contribution in [2.75, 3.05) is 34.9 Å². The number of hydrogen-bond donors (Lipinski definition) is 1. The van der Waals surface area contributed by atoms with Crippen LogP contribution in [0, 0.1) is 0 Å². The molecule has 1 aliphatic heterocycles. The molecule has 2 heterocycles. The molecule has 0 bridgehead atoms. The highest BCUT2D eigenvalue weighted by atomic mass is 32.2. The first-order valence-electron chi connectivity index (χ1n) is 6.65. The Labute approximate surface area is 128 Å². The fourth-order valence-corrected chi connectivity index (χ4v) is 5.48. The molecule has 1 fully saturated rings. The van der Waals surface area contributed by atoms with Crippen LogP contribution in [-0.2, 0) is 9.84 Å². The molecule has 0 aliphatic carbocycles. The maximum Gasteiger partial charge on any atom is 0.169 e. The highest BCUT2D eigenvalue weighted by Crippen LogP contribution is 2.36. The van der Waals surface area contributed by atoms with Crippen molar-refractivity contribution in [3.63, 3.8) is 0 Å². The van der Waals surface area contributed by atoms with Gasteiger partial charge in [-0.3, -0.25) is 4.98 Å².